The molecule has 1 saturated carbocycles. The maximum atomic E-state index is 12.9. The van der Waals surface area contributed by atoms with E-state index < -0.39 is 5.54 Å². The van der Waals surface area contributed by atoms with Crippen LogP contribution >= 0.6 is 11.8 Å². The van der Waals surface area contributed by atoms with Crippen molar-refractivity contribution in [3.63, 3.8) is 0 Å². The van der Waals surface area contributed by atoms with Crippen molar-refractivity contribution in [2.75, 3.05) is 41.9 Å². The first-order valence-corrected chi connectivity index (χ1v) is 13.3. The number of carbonyl (C=O) groups excluding carboxylic acids is 1. The van der Waals surface area contributed by atoms with Crippen LogP contribution in [0, 0.1) is 5.41 Å². The Kier molecular flexibility index (Phi) is 5.65. The average Bonchev–Trinajstić information content (AvgIpc) is 3.19. The fourth-order valence-electron chi connectivity index (χ4n) is 6.07. The van der Waals surface area contributed by atoms with Crippen molar-refractivity contribution in [3.8, 4) is 0 Å². The van der Waals surface area contributed by atoms with E-state index in [1.165, 1.54) is 11.8 Å². The zero-order valence-electron chi connectivity index (χ0n) is 20.3. The SMILES string of the molecule is C[C@H]1CC2(CCN(c3ncc(Sc4ccnc5c4NC(=O)C4(CCC4)N5C)nc3CO)CC2)CO1. The van der Waals surface area contributed by atoms with Gasteiger partial charge in [-0.25, -0.2) is 15.0 Å². The maximum Gasteiger partial charge on any atom is 0.250 e. The Morgan fingerprint density at radius 3 is 2.69 bits per heavy atom. The van der Waals surface area contributed by atoms with E-state index in [1.54, 1.807) is 12.4 Å². The largest absolute Gasteiger partial charge is 0.390 e. The zero-order chi connectivity index (χ0) is 24.2. The number of aliphatic hydroxyl groups excluding tert-OH is 1. The van der Waals surface area contributed by atoms with Gasteiger partial charge in [-0.1, -0.05) is 11.8 Å². The molecule has 9 nitrogen and oxygen atoms in total. The first-order chi connectivity index (χ1) is 16.9. The van der Waals surface area contributed by atoms with Gasteiger partial charge < -0.3 is 25.0 Å². The number of aliphatic hydroxyl groups is 1. The highest BCUT2D eigenvalue weighted by Crippen LogP contribution is 2.48. The number of aromatic nitrogens is 3. The highest BCUT2D eigenvalue weighted by molar-refractivity contribution is 7.99. The monoisotopic (exact) mass is 496 g/mol. The van der Waals surface area contributed by atoms with Crippen LogP contribution in [0.2, 0.25) is 0 Å². The van der Waals surface area contributed by atoms with Gasteiger partial charge in [0.05, 0.1) is 31.2 Å². The number of ether oxygens (including phenoxy) is 1. The predicted octanol–water partition coefficient (Wildman–Crippen LogP) is 3.22. The molecule has 0 unspecified atom stereocenters. The van der Waals surface area contributed by atoms with Gasteiger partial charge in [-0.15, -0.1) is 0 Å². The zero-order valence-corrected chi connectivity index (χ0v) is 21.1. The van der Waals surface area contributed by atoms with Crippen LogP contribution in [0.5, 0.6) is 0 Å². The summed E-state index contributed by atoms with van der Waals surface area (Å²) in [4.78, 5) is 32.1. The van der Waals surface area contributed by atoms with Gasteiger partial charge in [0.1, 0.15) is 16.3 Å². The van der Waals surface area contributed by atoms with Crippen LogP contribution in [0.25, 0.3) is 0 Å². The van der Waals surface area contributed by atoms with Gasteiger partial charge in [-0.05, 0) is 56.9 Å². The third-order valence-corrected chi connectivity index (χ3v) is 9.34. The molecule has 2 aromatic rings. The Morgan fingerprint density at radius 1 is 1.23 bits per heavy atom. The van der Waals surface area contributed by atoms with E-state index in [2.05, 4.69) is 22.1 Å². The lowest BCUT2D eigenvalue weighted by Crippen LogP contribution is -2.62. The Labute approximate surface area is 209 Å². The topological polar surface area (TPSA) is 104 Å². The number of nitrogens with one attached hydrogen (secondary N) is 1. The molecule has 5 heterocycles. The molecule has 4 aliphatic rings. The van der Waals surface area contributed by atoms with Crippen LogP contribution in [0.4, 0.5) is 17.3 Å². The third-order valence-electron chi connectivity index (χ3n) is 8.38. The summed E-state index contributed by atoms with van der Waals surface area (Å²) in [6.07, 6.45) is 9.89. The van der Waals surface area contributed by atoms with E-state index in [0.29, 0.717) is 22.5 Å². The molecule has 2 aromatic heterocycles. The molecular formula is C25H32N6O3S. The van der Waals surface area contributed by atoms with Crippen molar-refractivity contribution < 1.29 is 14.6 Å². The number of fused-ring (bicyclic) bond motifs is 1. The van der Waals surface area contributed by atoms with E-state index >= 15 is 0 Å². The number of carbonyl (C=O) groups is 1. The molecule has 2 spiro atoms. The minimum atomic E-state index is -0.468. The molecular weight excluding hydrogens is 464 g/mol. The summed E-state index contributed by atoms with van der Waals surface area (Å²) < 4.78 is 5.86. The molecule has 0 aromatic carbocycles. The molecule has 2 N–H and O–H groups in total. The van der Waals surface area contributed by atoms with Crippen LogP contribution < -0.4 is 15.1 Å². The first kappa shape index (κ1) is 23.0. The van der Waals surface area contributed by atoms with Crippen LogP contribution in [0.1, 0.15) is 51.1 Å². The van der Waals surface area contributed by atoms with Gasteiger partial charge in [0, 0.05) is 31.2 Å². The Bertz CT molecular complexity index is 1150. The maximum absolute atomic E-state index is 12.9. The van der Waals surface area contributed by atoms with Crippen molar-refractivity contribution in [2.24, 2.45) is 5.41 Å². The summed E-state index contributed by atoms with van der Waals surface area (Å²) in [6, 6.07) is 1.89. The van der Waals surface area contributed by atoms with Crippen molar-refractivity contribution in [3.05, 3.63) is 24.2 Å². The summed E-state index contributed by atoms with van der Waals surface area (Å²) in [5, 5.41) is 13.9. The summed E-state index contributed by atoms with van der Waals surface area (Å²) in [7, 11) is 1.96. The minimum absolute atomic E-state index is 0.0380. The molecule has 3 fully saturated rings. The number of amides is 1. The van der Waals surface area contributed by atoms with Gasteiger partial charge >= 0.3 is 0 Å². The van der Waals surface area contributed by atoms with Gasteiger partial charge in [-0.2, -0.15) is 0 Å². The quantitative estimate of drug-likeness (QED) is 0.660. The number of pyridine rings is 1. The Hall–Kier alpha value is -2.43. The van der Waals surface area contributed by atoms with E-state index in [9.17, 15) is 9.90 Å². The van der Waals surface area contributed by atoms with Crippen LogP contribution in [-0.4, -0.2) is 64.4 Å². The fraction of sp³-hybridized carbons (Fsp3) is 0.600. The number of rotatable bonds is 4. The molecule has 10 heteroatoms. The molecule has 2 saturated heterocycles. The summed E-state index contributed by atoms with van der Waals surface area (Å²) >= 11 is 1.43. The lowest BCUT2D eigenvalue weighted by atomic mass is 9.73. The lowest BCUT2D eigenvalue weighted by Gasteiger charge is -2.50. The summed E-state index contributed by atoms with van der Waals surface area (Å²) in [6.45, 7) is 4.61. The molecule has 1 amide bonds. The predicted molar refractivity (Wildman–Crippen MR) is 134 cm³/mol. The molecule has 0 bridgehead atoms. The third kappa shape index (κ3) is 3.77. The van der Waals surface area contributed by atoms with Gasteiger partial charge in [-0.3, -0.25) is 4.79 Å². The smallest absolute Gasteiger partial charge is 0.250 e. The number of nitrogens with zero attached hydrogens (tertiary/aromatic N) is 5. The van der Waals surface area contributed by atoms with Crippen LogP contribution in [-0.2, 0) is 16.1 Å². The normalized spacial score (nSPS) is 24.4. The second-order valence-corrected chi connectivity index (χ2v) is 11.5. The van der Waals surface area contributed by atoms with E-state index in [4.69, 9.17) is 14.7 Å². The first-order valence-electron chi connectivity index (χ1n) is 12.5. The van der Waals surface area contributed by atoms with Crippen LogP contribution in [0.3, 0.4) is 0 Å². The standard InChI is InChI=1S/C25H32N6O3S/c1-16-12-24(15-34-16)7-10-31(11-8-24)21-17(14-32)28-19(13-27-21)35-18-4-9-26-22-20(18)29-23(33)25(30(22)2)5-3-6-25/h4,9,13,16,32H,3,5-8,10-12,14-15H2,1-2H3,(H,29,33)/t16-/m0/s1. The number of anilines is 3. The fourth-order valence-corrected chi connectivity index (χ4v) is 6.93. The van der Waals surface area contributed by atoms with E-state index in [0.717, 1.165) is 74.8 Å². The lowest BCUT2D eigenvalue weighted by molar-refractivity contribution is -0.124. The van der Waals surface area contributed by atoms with Gasteiger partial charge in [0.2, 0.25) is 5.91 Å². The van der Waals surface area contributed by atoms with Gasteiger partial charge in [0.15, 0.2) is 11.6 Å². The van der Waals surface area contributed by atoms with Gasteiger partial charge in [0.25, 0.3) is 0 Å². The second-order valence-electron chi connectivity index (χ2n) is 10.5. The number of hydrogen-bond donors (Lipinski definition) is 2. The molecule has 1 atom stereocenters. The summed E-state index contributed by atoms with van der Waals surface area (Å²) in [5.41, 5.74) is 1.12. The molecule has 35 heavy (non-hydrogen) atoms. The minimum Gasteiger partial charge on any atom is -0.390 e. The Balaban J connectivity index is 1.21. The molecule has 186 valence electrons. The number of hydrogen-bond acceptors (Lipinski definition) is 9. The van der Waals surface area contributed by atoms with E-state index in [1.807, 2.05) is 18.0 Å². The van der Waals surface area contributed by atoms with Crippen LogP contribution in [0.15, 0.2) is 28.4 Å². The second kappa shape index (κ2) is 8.60. The van der Waals surface area contributed by atoms with Crippen molar-refractivity contribution in [1.82, 2.24) is 15.0 Å². The Morgan fingerprint density at radius 2 is 2.03 bits per heavy atom. The highest BCUT2D eigenvalue weighted by Gasteiger charge is 2.51. The summed E-state index contributed by atoms with van der Waals surface area (Å²) in [5.74, 6) is 1.58. The van der Waals surface area contributed by atoms with E-state index in [-0.39, 0.29) is 17.9 Å². The molecule has 6 rings (SSSR count). The number of piperidine rings is 1. The van der Waals surface area contributed by atoms with Crippen molar-refractivity contribution in [1.29, 1.82) is 0 Å². The average molecular weight is 497 g/mol. The number of likely N-dealkylation sites (N-methyl/N-ethyl adjacent to an activating group) is 1. The van der Waals surface area contributed by atoms with Crippen molar-refractivity contribution >= 4 is 35.0 Å². The molecule has 3 aliphatic heterocycles. The molecule has 0 radical (unpaired) electrons. The van der Waals surface area contributed by atoms with Crippen molar-refractivity contribution in [2.45, 2.75) is 73.6 Å². The highest BCUT2D eigenvalue weighted by atomic mass is 32.2. The molecule has 1 aliphatic carbocycles.